The van der Waals surface area contributed by atoms with Gasteiger partial charge >= 0.3 is 40.2 Å². The SMILES string of the molecule is C.C.CC(C)c1cccc(C(C)C)c1-n1ccnc1-c1[c-]cccc1.CC(C)c1cccc(C(C)C)c1-n1ccnc1-c1[c-]cccc1.CN1C=CN(c2[c-]cc(C#N)cc2)[CH-]1.CN1C=CN(c2[c-]cc(C#N)cc2)[CH-]1.[Ir+3].[Ir+3]. The quantitative estimate of drug-likeness (QED) is 0.125. The van der Waals surface area contributed by atoms with E-state index in [-0.39, 0.29) is 55.1 Å². The summed E-state index contributed by atoms with van der Waals surface area (Å²) < 4.78 is 4.44. The molecule has 8 aromatic rings. The van der Waals surface area contributed by atoms with Gasteiger partial charge in [0, 0.05) is 48.3 Å². The molecule has 0 unspecified atom stereocenters. The van der Waals surface area contributed by atoms with E-state index in [4.69, 9.17) is 10.5 Å². The average Bonchev–Trinajstić information content (AvgIpc) is 4.28. The largest absolute Gasteiger partial charge is 3.00 e. The summed E-state index contributed by atoms with van der Waals surface area (Å²) in [5.41, 5.74) is 13.1. The molecule has 12 heteroatoms. The van der Waals surface area contributed by atoms with Crippen molar-refractivity contribution in [1.82, 2.24) is 28.9 Å². The van der Waals surface area contributed by atoms with E-state index in [2.05, 4.69) is 172 Å². The third-order valence-electron chi connectivity index (χ3n) is 12.3. The number of nitrogens with zero attached hydrogens (tertiary/aromatic N) is 10. The van der Waals surface area contributed by atoms with Crippen LogP contribution in [0.4, 0.5) is 11.4 Å². The number of nitriles is 2. The normalized spacial score (nSPS) is 11.9. The van der Waals surface area contributed by atoms with Crippen LogP contribution >= 0.6 is 0 Å². The molecule has 0 N–H and O–H groups in total. The third kappa shape index (κ3) is 16.4. The molecular formula is C66H72Ir2N10. The maximum Gasteiger partial charge on any atom is 3.00 e. The van der Waals surface area contributed by atoms with Crippen LogP contribution in [0, 0.1) is 60.3 Å². The van der Waals surface area contributed by atoms with Crippen molar-refractivity contribution in [2.45, 2.75) is 93.9 Å². The number of imidazole rings is 2. The Morgan fingerprint density at radius 3 is 1.08 bits per heavy atom. The maximum absolute atomic E-state index is 8.62. The van der Waals surface area contributed by atoms with Gasteiger partial charge < -0.3 is 28.7 Å². The molecule has 2 aliphatic heterocycles. The zero-order valence-electron chi connectivity index (χ0n) is 44.8. The fraction of sp³-hybridized carbons (Fsp3) is 0.242. The summed E-state index contributed by atoms with van der Waals surface area (Å²) in [5.74, 6) is 3.72. The summed E-state index contributed by atoms with van der Waals surface area (Å²) in [6.07, 6.45) is 15.6. The molecular weight excluding hydrogens is 1320 g/mol. The van der Waals surface area contributed by atoms with Crippen LogP contribution in [0.25, 0.3) is 34.2 Å². The Morgan fingerprint density at radius 1 is 0.462 bits per heavy atom. The predicted molar refractivity (Wildman–Crippen MR) is 313 cm³/mol. The standard InChI is InChI=1S/2C21H23N2.2C11H9N3.2CH4.2Ir/c2*1-15(2)18-11-8-12-19(16(3)4)20(18)23-14-13-22-21(23)17-9-6-5-7-10-17;2*1-13-6-7-14(9-13)11-4-2-10(8-12)3-5-11;;;;/h2*5-9,11-16H,1-4H3;2*2-4,6-7,9H,1H3;2*1H4;;/q2*-1;2*-2;;;2*+3. The van der Waals surface area contributed by atoms with Crippen LogP contribution in [0.3, 0.4) is 0 Å². The van der Waals surface area contributed by atoms with Crippen molar-refractivity contribution >= 4 is 11.4 Å². The van der Waals surface area contributed by atoms with Crippen LogP contribution in [0.1, 0.15) is 127 Å². The molecule has 6 aromatic carbocycles. The molecule has 0 bridgehead atoms. The van der Waals surface area contributed by atoms with Gasteiger partial charge in [-0.15, -0.1) is 95.3 Å². The van der Waals surface area contributed by atoms with Gasteiger partial charge in [0.15, 0.2) is 0 Å². The van der Waals surface area contributed by atoms with Crippen LogP contribution < -0.4 is 9.80 Å². The monoisotopic (exact) mass is 1390 g/mol. The first kappa shape index (κ1) is 65.0. The van der Waals surface area contributed by atoms with E-state index in [0.717, 1.165) is 34.2 Å². The number of hydrogen-bond acceptors (Lipinski definition) is 8. The molecule has 0 saturated heterocycles. The Balaban J connectivity index is 0.000000276. The smallest absolute Gasteiger partial charge is 0.510 e. The van der Waals surface area contributed by atoms with E-state index in [1.165, 1.54) is 33.6 Å². The van der Waals surface area contributed by atoms with Crippen LogP contribution in [0.15, 0.2) is 171 Å². The van der Waals surface area contributed by atoms with Gasteiger partial charge in [-0.25, -0.2) is 10.5 Å². The van der Waals surface area contributed by atoms with Gasteiger partial charge in [-0.3, -0.25) is 9.97 Å². The van der Waals surface area contributed by atoms with Crippen LogP contribution in [0.2, 0.25) is 0 Å². The van der Waals surface area contributed by atoms with Gasteiger partial charge in [0.05, 0.1) is 11.6 Å². The molecule has 10 rings (SSSR count). The molecule has 0 radical (unpaired) electrons. The molecule has 4 heterocycles. The van der Waals surface area contributed by atoms with E-state index in [9.17, 15) is 0 Å². The Kier molecular flexibility index (Phi) is 26.0. The van der Waals surface area contributed by atoms with E-state index >= 15 is 0 Å². The van der Waals surface area contributed by atoms with E-state index < -0.39 is 0 Å². The summed E-state index contributed by atoms with van der Waals surface area (Å²) >= 11 is 0. The van der Waals surface area contributed by atoms with Gasteiger partial charge in [-0.1, -0.05) is 118 Å². The van der Waals surface area contributed by atoms with Crippen LogP contribution in [-0.4, -0.2) is 43.0 Å². The number of anilines is 2. The summed E-state index contributed by atoms with van der Waals surface area (Å²) in [4.78, 5) is 17.0. The predicted octanol–water partition coefficient (Wildman–Crippen LogP) is 15.8. The number of benzene rings is 6. The zero-order valence-corrected chi connectivity index (χ0v) is 49.6. The molecule has 0 fully saturated rings. The van der Waals surface area contributed by atoms with Crippen molar-refractivity contribution in [3.8, 4) is 46.3 Å². The number of aromatic nitrogens is 4. The average molecular weight is 1390 g/mol. The zero-order chi connectivity index (χ0) is 52.7. The number of hydrogen-bond donors (Lipinski definition) is 0. The summed E-state index contributed by atoms with van der Waals surface area (Å²) in [5, 5.41) is 17.2. The molecule has 78 heavy (non-hydrogen) atoms. The first-order valence-corrected chi connectivity index (χ1v) is 25.0. The van der Waals surface area contributed by atoms with Gasteiger partial charge in [-0.2, -0.15) is 49.7 Å². The fourth-order valence-electron chi connectivity index (χ4n) is 8.49. The summed E-state index contributed by atoms with van der Waals surface area (Å²) in [6.45, 7) is 21.8. The third-order valence-corrected chi connectivity index (χ3v) is 12.3. The number of para-hydroxylation sites is 2. The second-order valence-corrected chi connectivity index (χ2v) is 19.1. The molecule has 0 atom stereocenters. The van der Waals surface area contributed by atoms with Crippen LogP contribution in [-0.2, 0) is 40.2 Å². The summed E-state index contributed by atoms with van der Waals surface area (Å²) in [6, 6.07) is 56.8. The molecule has 0 aliphatic carbocycles. The van der Waals surface area contributed by atoms with Crippen molar-refractivity contribution in [3.63, 3.8) is 0 Å². The van der Waals surface area contributed by atoms with Crippen molar-refractivity contribution in [3.05, 3.63) is 242 Å². The van der Waals surface area contributed by atoms with Gasteiger partial charge in [0.2, 0.25) is 0 Å². The fourth-order valence-corrected chi connectivity index (χ4v) is 8.49. The van der Waals surface area contributed by atoms with Crippen LogP contribution in [0.5, 0.6) is 0 Å². The molecule has 2 aromatic heterocycles. The van der Waals surface area contributed by atoms with E-state index in [1.54, 1.807) is 24.3 Å². The van der Waals surface area contributed by atoms with Crippen molar-refractivity contribution in [1.29, 1.82) is 10.5 Å². The Hall–Kier alpha value is -7.30. The molecule has 0 amide bonds. The van der Waals surface area contributed by atoms with Gasteiger partial charge in [-0.05, 0) is 84.8 Å². The minimum absolute atomic E-state index is 0. The Labute approximate surface area is 493 Å². The van der Waals surface area contributed by atoms with Crippen molar-refractivity contribution in [2.75, 3.05) is 23.9 Å². The Morgan fingerprint density at radius 2 is 0.821 bits per heavy atom. The van der Waals surface area contributed by atoms with Crippen molar-refractivity contribution in [2.24, 2.45) is 0 Å². The first-order chi connectivity index (χ1) is 35.8. The second-order valence-electron chi connectivity index (χ2n) is 19.1. The second kappa shape index (κ2) is 31.2. The Bertz CT molecular complexity index is 2930. The van der Waals surface area contributed by atoms with E-state index in [1.807, 2.05) is 133 Å². The molecule has 10 nitrogen and oxygen atoms in total. The topological polar surface area (TPSA) is 96.2 Å². The number of rotatable bonds is 10. The maximum atomic E-state index is 8.62. The molecule has 404 valence electrons. The first-order valence-electron chi connectivity index (χ1n) is 25.0. The van der Waals surface area contributed by atoms with E-state index in [0.29, 0.717) is 34.8 Å². The molecule has 0 saturated carbocycles. The molecule has 2 aliphatic rings. The summed E-state index contributed by atoms with van der Waals surface area (Å²) in [7, 11) is 3.92. The van der Waals surface area contributed by atoms with Gasteiger partial charge in [0.25, 0.3) is 0 Å². The minimum atomic E-state index is 0. The minimum Gasteiger partial charge on any atom is -0.510 e. The van der Waals surface area contributed by atoms with Gasteiger partial charge in [0.1, 0.15) is 0 Å². The van der Waals surface area contributed by atoms with Crippen molar-refractivity contribution < 1.29 is 40.2 Å². The molecule has 0 spiro atoms.